The van der Waals surface area contributed by atoms with Crippen molar-refractivity contribution < 1.29 is 13.2 Å². The van der Waals surface area contributed by atoms with Crippen molar-refractivity contribution in [1.29, 1.82) is 0 Å². The fourth-order valence-electron chi connectivity index (χ4n) is 3.87. The molecule has 1 aromatic rings. The Labute approximate surface area is 144 Å². The Morgan fingerprint density at radius 1 is 1.08 bits per heavy atom. The fraction of sp³-hybridized carbons (Fsp3) is 0.667. The number of hydrogen-bond donors (Lipinski definition) is 0. The van der Waals surface area contributed by atoms with E-state index in [0.29, 0.717) is 23.2 Å². The molecular weight excluding hydrogens is 324 g/mol. The molecular formula is C18H26N2O3S. The third kappa shape index (κ3) is 2.80. The zero-order chi connectivity index (χ0) is 16.9. The van der Waals surface area contributed by atoms with Gasteiger partial charge in [-0.25, -0.2) is 8.42 Å². The summed E-state index contributed by atoms with van der Waals surface area (Å²) in [4.78, 5) is 2.68. The van der Waals surface area contributed by atoms with Crippen molar-refractivity contribution in [2.45, 2.75) is 69.0 Å². The van der Waals surface area contributed by atoms with E-state index in [1.165, 1.54) is 12.8 Å². The Morgan fingerprint density at radius 2 is 1.88 bits per heavy atom. The van der Waals surface area contributed by atoms with Gasteiger partial charge in [-0.05, 0) is 58.1 Å². The first-order valence-electron chi connectivity index (χ1n) is 9.06. The normalized spacial score (nSPS) is 30.3. The number of sulfonamides is 1. The highest BCUT2D eigenvalue weighted by Crippen LogP contribution is 2.39. The van der Waals surface area contributed by atoms with Crippen LogP contribution in [-0.2, 0) is 10.0 Å². The molecule has 0 radical (unpaired) electrons. The molecule has 1 saturated carbocycles. The van der Waals surface area contributed by atoms with Crippen LogP contribution in [0.25, 0.3) is 0 Å². The molecule has 0 aromatic heterocycles. The molecule has 4 rings (SSSR count). The highest BCUT2D eigenvalue weighted by molar-refractivity contribution is 7.89. The first-order valence-corrected chi connectivity index (χ1v) is 10.5. The second-order valence-corrected chi connectivity index (χ2v) is 9.24. The van der Waals surface area contributed by atoms with E-state index >= 15 is 0 Å². The van der Waals surface area contributed by atoms with Crippen LogP contribution >= 0.6 is 0 Å². The maximum Gasteiger partial charge on any atom is 0.247 e. The van der Waals surface area contributed by atoms with Gasteiger partial charge in [-0.3, -0.25) is 0 Å². The summed E-state index contributed by atoms with van der Waals surface area (Å²) in [5.74, 6) is 0.518. The first kappa shape index (κ1) is 16.2. The van der Waals surface area contributed by atoms with Crippen LogP contribution in [0.3, 0.4) is 0 Å². The van der Waals surface area contributed by atoms with Gasteiger partial charge in [-0.2, -0.15) is 4.31 Å². The standard InChI is InChI=1S/C18H26N2O3S/c1-13-4-3-10-19(13)16-7-8-18-17(12-16)23-14(2)9-11-20(15-5-6-15)24(18,21)22/h7-8,12-15H,3-6,9-11H2,1-2H3/t13-,14+/m0/s1. The van der Waals surface area contributed by atoms with E-state index in [-0.39, 0.29) is 12.1 Å². The third-order valence-corrected chi connectivity index (χ3v) is 7.43. The number of rotatable bonds is 2. The second kappa shape index (κ2) is 5.92. The molecule has 0 N–H and O–H groups in total. The average molecular weight is 350 g/mol. The zero-order valence-corrected chi connectivity index (χ0v) is 15.3. The van der Waals surface area contributed by atoms with Crippen molar-refractivity contribution in [1.82, 2.24) is 4.31 Å². The molecule has 5 nitrogen and oxygen atoms in total. The Morgan fingerprint density at radius 3 is 2.54 bits per heavy atom. The van der Waals surface area contributed by atoms with Crippen LogP contribution in [0.15, 0.2) is 23.1 Å². The van der Waals surface area contributed by atoms with Crippen LogP contribution in [0.1, 0.15) is 46.0 Å². The lowest BCUT2D eigenvalue weighted by Gasteiger charge is -2.30. The summed E-state index contributed by atoms with van der Waals surface area (Å²) in [5.41, 5.74) is 1.07. The van der Waals surface area contributed by atoms with Crippen LogP contribution < -0.4 is 9.64 Å². The minimum Gasteiger partial charge on any atom is -0.489 e. The van der Waals surface area contributed by atoms with E-state index in [2.05, 4.69) is 11.8 Å². The lowest BCUT2D eigenvalue weighted by Crippen LogP contribution is -2.38. The van der Waals surface area contributed by atoms with E-state index in [0.717, 1.165) is 31.5 Å². The minimum absolute atomic E-state index is 0.0201. The number of ether oxygens (including phenoxy) is 1. The number of hydrogen-bond acceptors (Lipinski definition) is 4. The number of benzene rings is 1. The molecule has 132 valence electrons. The molecule has 1 aliphatic carbocycles. The average Bonchev–Trinajstić information content (AvgIpc) is 3.26. The largest absolute Gasteiger partial charge is 0.489 e. The second-order valence-electron chi connectivity index (χ2n) is 7.38. The van der Waals surface area contributed by atoms with Crippen molar-refractivity contribution in [3.8, 4) is 5.75 Å². The molecule has 0 bridgehead atoms. The van der Waals surface area contributed by atoms with Gasteiger partial charge in [0.25, 0.3) is 0 Å². The molecule has 1 aromatic carbocycles. The molecule has 2 fully saturated rings. The van der Waals surface area contributed by atoms with Gasteiger partial charge < -0.3 is 9.64 Å². The molecule has 0 unspecified atom stereocenters. The van der Waals surface area contributed by atoms with Gasteiger partial charge in [0.05, 0.1) is 6.10 Å². The molecule has 2 aliphatic heterocycles. The van der Waals surface area contributed by atoms with E-state index in [4.69, 9.17) is 4.74 Å². The molecule has 6 heteroatoms. The van der Waals surface area contributed by atoms with Crippen LogP contribution in [-0.4, -0.2) is 44.0 Å². The monoisotopic (exact) mass is 350 g/mol. The Kier molecular flexibility index (Phi) is 4.00. The van der Waals surface area contributed by atoms with Crippen molar-refractivity contribution in [2.75, 3.05) is 18.0 Å². The van der Waals surface area contributed by atoms with Crippen molar-refractivity contribution in [3.63, 3.8) is 0 Å². The fourth-order valence-corrected chi connectivity index (χ4v) is 5.67. The summed E-state index contributed by atoms with van der Waals surface area (Å²) in [5, 5.41) is 0. The quantitative estimate of drug-likeness (QED) is 0.823. The van der Waals surface area contributed by atoms with Gasteiger partial charge in [0.1, 0.15) is 10.6 Å². The van der Waals surface area contributed by atoms with E-state index < -0.39 is 10.0 Å². The topological polar surface area (TPSA) is 49.9 Å². The summed E-state index contributed by atoms with van der Waals surface area (Å²) < 4.78 is 33.9. The maximum atomic E-state index is 13.1. The third-order valence-electron chi connectivity index (χ3n) is 5.44. The summed E-state index contributed by atoms with van der Waals surface area (Å²) in [6.45, 7) is 5.83. The molecule has 2 heterocycles. The van der Waals surface area contributed by atoms with Crippen molar-refractivity contribution in [2.24, 2.45) is 0 Å². The van der Waals surface area contributed by atoms with Crippen LogP contribution in [0, 0.1) is 0 Å². The van der Waals surface area contributed by atoms with Crippen LogP contribution in [0.5, 0.6) is 5.75 Å². The number of fused-ring (bicyclic) bond motifs is 1. The predicted molar refractivity (Wildman–Crippen MR) is 94.1 cm³/mol. The van der Waals surface area contributed by atoms with Gasteiger partial charge in [0.15, 0.2) is 0 Å². The molecule has 0 spiro atoms. The molecule has 0 amide bonds. The Balaban J connectivity index is 1.76. The lowest BCUT2D eigenvalue weighted by molar-refractivity contribution is 0.186. The summed E-state index contributed by atoms with van der Waals surface area (Å²) in [6.07, 6.45) is 5.08. The molecule has 2 atom stereocenters. The van der Waals surface area contributed by atoms with Gasteiger partial charge >= 0.3 is 0 Å². The smallest absolute Gasteiger partial charge is 0.247 e. The maximum absolute atomic E-state index is 13.1. The van der Waals surface area contributed by atoms with Crippen LogP contribution in [0.2, 0.25) is 0 Å². The minimum atomic E-state index is -3.47. The van der Waals surface area contributed by atoms with Crippen LogP contribution in [0.4, 0.5) is 5.69 Å². The molecule has 1 saturated heterocycles. The van der Waals surface area contributed by atoms with E-state index in [1.807, 2.05) is 19.1 Å². The van der Waals surface area contributed by atoms with Gasteiger partial charge in [-0.1, -0.05) is 0 Å². The SMILES string of the molecule is C[C@@H]1CCN(C2CC2)S(=O)(=O)c2ccc(N3CCC[C@@H]3C)cc2O1. The number of anilines is 1. The van der Waals surface area contributed by atoms with Gasteiger partial charge in [0, 0.05) is 36.9 Å². The predicted octanol–water partition coefficient (Wildman–Crippen LogP) is 3.00. The summed E-state index contributed by atoms with van der Waals surface area (Å²) >= 11 is 0. The van der Waals surface area contributed by atoms with E-state index in [1.54, 1.807) is 10.4 Å². The summed E-state index contributed by atoms with van der Waals surface area (Å²) in [6, 6.07) is 6.30. The zero-order valence-electron chi connectivity index (χ0n) is 14.4. The molecule has 3 aliphatic rings. The Bertz CT molecular complexity index is 730. The lowest BCUT2D eigenvalue weighted by atomic mass is 10.2. The Hall–Kier alpha value is -1.27. The first-order chi connectivity index (χ1) is 11.5. The number of nitrogens with zero attached hydrogens (tertiary/aromatic N) is 2. The van der Waals surface area contributed by atoms with Gasteiger partial charge in [-0.15, -0.1) is 0 Å². The summed E-state index contributed by atoms with van der Waals surface area (Å²) in [7, 11) is -3.47. The van der Waals surface area contributed by atoms with Crippen molar-refractivity contribution in [3.05, 3.63) is 18.2 Å². The van der Waals surface area contributed by atoms with Crippen molar-refractivity contribution >= 4 is 15.7 Å². The van der Waals surface area contributed by atoms with E-state index in [9.17, 15) is 8.42 Å². The highest BCUT2D eigenvalue weighted by atomic mass is 32.2. The molecule has 24 heavy (non-hydrogen) atoms. The highest BCUT2D eigenvalue weighted by Gasteiger charge is 2.40. The van der Waals surface area contributed by atoms with Gasteiger partial charge in [0.2, 0.25) is 10.0 Å².